The third-order valence-electron chi connectivity index (χ3n) is 4.03. The molecule has 1 aliphatic rings. The van der Waals surface area contributed by atoms with Crippen LogP contribution in [0.25, 0.3) is 11.3 Å². The van der Waals surface area contributed by atoms with Crippen molar-refractivity contribution >= 4 is 23.2 Å². The number of anilines is 3. The molecule has 1 aromatic heterocycles. The number of hydrogen-bond acceptors (Lipinski definition) is 5. The Morgan fingerprint density at radius 3 is 2.80 bits per heavy atom. The molecule has 6 heteroatoms. The van der Waals surface area contributed by atoms with Crippen molar-refractivity contribution in [2.75, 3.05) is 23.9 Å². The van der Waals surface area contributed by atoms with E-state index < -0.39 is 0 Å². The largest absolute Gasteiger partial charge is 0.482 e. The van der Waals surface area contributed by atoms with Gasteiger partial charge in [0, 0.05) is 24.5 Å². The molecule has 0 unspecified atom stereocenters. The molecule has 0 bridgehead atoms. The third-order valence-corrected chi connectivity index (χ3v) is 4.03. The number of para-hydroxylation sites is 1. The summed E-state index contributed by atoms with van der Waals surface area (Å²) in [5.74, 6) is 1.14. The van der Waals surface area contributed by atoms with Gasteiger partial charge < -0.3 is 15.0 Å². The van der Waals surface area contributed by atoms with E-state index in [0.717, 1.165) is 22.6 Å². The molecule has 0 saturated carbocycles. The average Bonchev–Trinajstić information content (AvgIpc) is 2.66. The zero-order valence-corrected chi connectivity index (χ0v) is 13.6. The van der Waals surface area contributed by atoms with Crippen molar-refractivity contribution in [3.8, 4) is 17.0 Å². The first-order valence-corrected chi connectivity index (χ1v) is 7.89. The SMILES string of the molecule is CN1C(=O)COc2ccc(-c3ccnc(Nc4ccccc4)n3)cc21. The minimum Gasteiger partial charge on any atom is -0.482 e. The molecule has 3 aromatic rings. The Balaban J connectivity index is 1.66. The molecule has 0 aliphatic carbocycles. The van der Waals surface area contributed by atoms with Crippen LogP contribution in [0.5, 0.6) is 5.75 Å². The van der Waals surface area contributed by atoms with E-state index in [2.05, 4.69) is 15.3 Å². The summed E-state index contributed by atoms with van der Waals surface area (Å²) in [5, 5.41) is 3.18. The lowest BCUT2D eigenvalue weighted by Gasteiger charge is -2.26. The van der Waals surface area contributed by atoms with Crippen molar-refractivity contribution < 1.29 is 9.53 Å². The Hall–Kier alpha value is -3.41. The van der Waals surface area contributed by atoms with Crippen molar-refractivity contribution in [1.82, 2.24) is 9.97 Å². The van der Waals surface area contributed by atoms with Gasteiger partial charge in [-0.3, -0.25) is 4.79 Å². The van der Waals surface area contributed by atoms with Gasteiger partial charge in [-0.2, -0.15) is 0 Å². The van der Waals surface area contributed by atoms with Crippen molar-refractivity contribution in [2.24, 2.45) is 0 Å². The number of benzene rings is 2. The van der Waals surface area contributed by atoms with Crippen molar-refractivity contribution in [2.45, 2.75) is 0 Å². The Kier molecular flexibility index (Phi) is 3.78. The Bertz CT molecular complexity index is 928. The zero-order valence-electron chi connectivity index (χ0n) is 13.6. The highest BCUT2D eigenvalue weighted by Gasteiger charge is 2.22. The van der Waals surface area contributed by atoms with Gasteiger partial charge in [0.1, 0.15) is 5.75 Å². The maximum atomic E-state index is 11.8. The van der Waals surface area contributed by atoms with Crippen LogP contribution >= 0.6 is 0 Å². The highest BCUT2D eigenvalue weighted by atomic mass is 16.5. The lowest BCUT2D eigenvalue weighted by molar-refractivity contribution is -0.120. The van der Waals surface area contributed by atoms with Gasteiger partial charge in [-0.15, -0.1) is 0 Å². The predicted molar refractivity (Wildman–Crippen MR) is 96.1 cm³/mol. The lowest BCUT2D eigenvalue weighted by Crippen LogP contribution is -2.35. The van der Waals surface area contributed by atoms with Gasteiger partial charge in [0.05, 0.1) is 11.4 Å². The van der Waals surface area contributed by atoms with Crippen LogP contribution in [0.3, 0.4) is 0 Å². The van der Waals surface area contributed by atoms with E-state index in [4.69, 9.17) is 4.74 Å². The maximum Gasteiger partial charge on any atom is 0.264 e. The highest BCUT2D eigenvalue weighted by molar-refractivity contribution is 5.98. The minimum absolute atomic E-state index is 0.0706. The van der Waals surface area contributed by atoms with Gasteiger partial charge in [-0.05, 0) is 36.4 Å². The molecule has 0 saturated heterocycles. The van der Waals surface area contributed by atoms with Crippen molar-refractivity contribution in [1.29, 1.82) is 0 Å². The fourth-order valence-electron chi connectivity index (χ4n) is 2.66. The second-order valence-corrected chi connectivity index (χ2v) is 5.68. The smallest absolute Gasteiger partial charge is 0.264 e. The molecule has 0 spiro atoms. The molecule has 2 heterocycles. The molecule has 0 fully saturated rings. The van der Waals surface area contributed by atoms with Crippen molar-refractivity contribution in [3.63, 3.8) is 0 Å². The van der Waals surface area contributed by atoms with E-state index in [9.17, 15) is 4.79 Å². The number of rotatable bonds is 3. The van der Waals surface area contributed by atoms with Crippen LogP contribution in [0.4, 0.5) is 17.3 Å². The summed E-state index contributed by atoms with van der Waals surface area (Å²) >= 11 is 0. The van der Waals surface area contributed by atoms with Crippen LogP contribution in [0.15, 0.2) is 60.8 Å². The first-order valence-electron chi connectivity index (χ1n) is 7.89. The van der Waals surface area contributed by atoms with E-state index >= 15 is 0 Å². The summed E-state index contributed by atoms with van der Waals surface area (Å²) in [7, 11) is 1.75. The summed E-state index contributed by atoms with van der Waals surface area (Å²) in [5.41, 5.74) is 3.32. The topological polar surface area (TPSA) is 67.4 Å². The average molecular weight is 332 g/mol. The number of ether oxygens (including phenoxy) is 1. The molecule has 124 valence electrons. The number of likely N-dealkylation sites (N-methyl/N-ethyl adjacent to an activating group) is 1. The number of amides is 1. The van der Waals surface area contributed by atoms with Crippen LogP contribution in [-0.4, -0.2) is 29.5 Å². The van der Waals surface area contributed by atoms with E-state index in [-0.39, 0.29) is 12.5 Å². The number of carbonyl (C=O) groups is 1. The van der Waals surface area contributed by atoms with Gasteiger partial charge in [-0.25, -0.2) is 9.97 Å². The second-order valence-electron chi connectivity index (χ2n) is 5.68. The molecule has 1 aliphatic heterocycles. The highest BCUT2D eigenvalue weighted by Crippen LogP contribution is 2.34. The van der Waals surface area contributed by atoms with Crippen molar-refractivity contribution in [3.05, 3.63) is 60.8 Å². The number of carbonyl (C=O) groups excluding carboxylic acids is 1. The number of nitrogens with zero attached hydrogens (tertiary/aromatic N) is 3. The molecule has 4 rings (SSSR count). The summed E-state index contributed by atoms with van der Waals surface area (Å²) < 4.78 is 5.46. The van der Waals surface area contributed by atoms with Gasteiger partial charge >= 0.3 is 0 Å². The fourth-order valence-corrected chi connectivity index (χ4v) is 2.66. The monoisotopic (exact) mass is 332 g/mol. The molecule has 25 heavy (non-hydrogen) atoms. The lowest BCUT2D eigenvalue weighted by atomic mass is 10.1. The molecule has 1 N–H and O–H groups in total. The first-order chi connectivity index (χ1) is 12.2. The molecule has 0 atom stereocenters. The summed E-state index contributed by atoms with van der Waals surface area (Å²) in [6.07, 6.45) is 1.71. The fraction of sp³-hybridized carbons (Fsp3) is 0.105. The quantitative estimate of drug-likeness (QED) is 0.797. The molecule has 0 radical (unpaired) electrons. The van der Waals surface area contributed by atoms with Crippen LogP contribution in [0.2, 0.25) is 0 Å². The molecule has 1 amide bonds. The molecular formula is C19H16N4O2. The molecule has 6 nitrogen and oxygen atoms in total. The first kappa shape index (κ1) is 15.1. The Morgan fingerprint density at radius 1 is 1.12 bits per heavy atom. The standard InChI is InChI=1S/C19H16N4O2/c1-23-16-11-13(7-8-17(16)25-12-18(23)24)15-9-10-20-19(22-15)21-14-5-3-2-4-6-14/h2-11H,12H2,1H3,(H,20,21,22). The van der Waals surface area contributed by atoms with E-state index in [1.807, 2.05) is 54.6 Å². The number of nitrogens with one attached hydrogen (secondary N) is 1. The zero-order chi connectivity index (χ0) is 17.2. The third kappa shape index (κ3) is 3.01. The molecular weight excluding hydrogens is 316 g/mol. The summed E-state index contributed by atoms with van der Waals surface area (Å²) in [4.78, 5) is 22.3. The molecule has 2 aromatic carbocycles. The van der Waals surface area contributed by atoms with E-state index in [0.29, 0.717) is 11.7 Å². The normalized spacial score (nSPS) is 13.2. The Morgan fingerprint density at radius 2 is 1.96 bits per heavy atom. The maximum absolute atomic E-state index is 11.8. The van der Waals surface area contributed by atoms with Crippen LogP contribution in [-0.2, 0) is 4.79 Å². The van der Waals surface area contributed by atoms with Gasteiger partial charge in [-0.1, -0.05) is 18.2 Å². The van der Waals surface area contributed by atoms with Crippen LogP contribution in [0, 0.1) is 0 Å². The van der Waals surface area contributed by atoms with Gasteiger partial charge in [0.15, 0.2) is 6.61 Å². The van der Waals surface area contributed by atoms with Crippen LogP contribution in [0.1, 0.15) is 0 Å². The number of aromatic nitrogens is 2. The second kappa shape index (κ2) is 6.24. The Labute approximate surface area is 145 Å². The minimum atomic E-state index is -0.0706. The number of fused-ring (bicyclic) bond motifs is 1. The van der Waals surface area contributed by atoms with E-state index in [1.54, 1.807) is 18.1 Å². The van der Waals surface area contributed by atoms with Crippen LogP contribution < -0.4 is 15.0 Å². The van der Waals surface area contributed by atoms with Gasteiger partial charge in [0.25, 0.3) is 5.91 Å². The number of hydrogen-bond donors (Lipinski definition) is 1. The summed E-state index contributed by atoms with van der Waals surface area (Å²) in [6, 6.07) is 17.3. The predicted octanol–water partition coefficient (Wildman–Crippen LogP) is 3.24. The summed E-state index contributed by atoms with van der Waals surface area (Å²) in [6.45, 7) is 0.0709. The van der Waals surface area contributed by atoms with Gasteiger partial charge in [0.2, 0.25) is 5.95 Å². The van der Waals surface area contributed by atoms with E-state index in [1.165, 1.54) is 0 Å².